The number of anilines is 2. The Bertz CT molecular complexity index is 935. The smallest absolute Gasteiger partial charge is 0.255 e. The molecule has 1 saturated heterocycles. The zero-order valence-electron chi connectivity index (χ0n) is 16.1. The van der Waals surface area contributed by atoms with Gasteiger partial charge in [0.1, 0.15) is 0 Å². The predicted octanol–water partition coefficient (Wildman–Crippen LogP) is 4.17. The number of fused-ring (bicyclic) bond motifs is 1. The maximum atomic E-state index is 12.9. The molecular formula is C23H24N2O3. The summed E-state index contributed by atoms with van der Waals surface area (Å²) in [6.07, 6.45) is 2.53. The van der Waals surface area contributed by atoms with E-state index < -0.39 is 0 Å². The number of hydrogen-bond acceptors (Lipinski definition) is 3. The van der Waals surface area contributed by atoms with Crippen molar-refractivity contribution in [2.45, 2.75) is 33.1 Å². The van der Waals surface area contributed by atoms with Gasteiger partial charge in [0.2, 0.25) is 11.8 Å². The lowest BCUT2D eigenvalue weighted by Gasteiger charge is -2.25. The number of amides is 3. The molecule has 1 saturated carbocycles. The van der Waals surface area contributed by atoms with E-state index in [1.807, 2.05) is 19.1 Å². The molecule has 1 heterocycles. The van der Waals surface area contributed by atoms with Gasteiger partial charge < -0.3 is 5.32 Å². The number of aryl methyl sites for hydroxylation is 1. The number of nitrogens with zero attached hydrogens (tertiary/aromatic N) is 1. The lowest BCUT2D eigenvalue weighted by atomic mass is 9.76. The largest absolute Gasteiger partial charge is 0.322 e. The third-order valence-electron chi connectivity index (χ3n) is 5.86. The van der Waals surface area contributed by atoms with Crippen LogP contribution in [0.15, 0.2) is 48.5 Å². The number of rotatable bonds is 3. The molecule has 2 aromatic rings. The zero-order chi connectivity index (χ0) is 19.8. The monoisotopic (exact) mass is 376 g/mol. The minimum Gasteiger partial charge on any atom is -0.322 e. The quantitative estimate of drug-likeness (QED) is 0.818. The summed E-state index contributed by atoms with van der Waals surface area (Å²) >= 11 is 0. The van der Waals surface area contributed by atoms with Crippen molar-refractivity contribution >= 4 is 29.1 Å². The van der Waals surface area contributed by atoms with Gasteiger partial charge in [0, 0.05) is 11.3 Å². The summed E-state index contributed by atoms with van der Waals surface area (Å²) in [6.45, 7) is 4.10. The van der Waals surface area contributed by atoms with Gasteiger partial charge in [-0.25, -0.2) is 4.90 Å². The first-order chi connectivity index (χ1) is 13.4. The Hall–Kier alpha value is -2.95. The summed E-state index contributed by atoms with van der Waals surface area (Å²) < 4.78 is 0. The fraction of sp³-hybridized carbons (Fsp3) is 0.348. The van der Waals surface area contributed by atoms with Crippen molar-refractivity contribution in [1.82, 2.24) is 0 Å². The molecular weight excluding hydrogens is 352 g/mol. The number of carbonyl (C=O) groups is 3. The van der Waals surface area contributed by atoms with Gasteiger partial charge in [-0.05, 0) is 62.4 Å². The molecule has 5 nitrogen and oxygen atoms in total. The van der Waals surface area contributed by atoms with Gasteiger partial charge in [0.15, 0.2) is 0 Å². The molecule has 2 fully saturated rings. The van der Waals surface area contributed by atoms with Gasteiger partial charge in [0.05, 0.1) is 17.5 Å². The summed E-state index contributed by atoms with van der Waals surface area (Å²) in [5, 5.41) is 2.85. The molecule has 4 rings (SSSR count). The molecule has 5 heteroatoms. The average molecular weight is 376 g/mol. The second kappa shape index (κ2) is 7.23. The van der Waals surface area contributed by atoms with Gasteiger partial charge in [0.25, 0.3) is 5.91 Å². The van der Waals surface area contributed by atoms with Gasteiger partial charge in [-0.1, -0.05) is 30.7 Å². The van der Waals surface area contributed by atoms with Crippen molar-refractivity contribution in [2.24, 2.45) is 17.8 Å². The highest BCUT2D eigenvalue weighted by Crippen LogP contribution is 2.42. The highest BCUT2D eigenvalue weighted by atomic mass is 16.2. The van der Waals surface area contributed by atoms with E-state index in [2.05, 4.69) is 12.2 Å². The van der Waals surface area contributed by atoms with Crippen molar-refractivity contribution in [3.8, 4) is 0 Å². The van der Waals surface area contributed by atoms with E-state index in [9.17, 15) is 14.4 Å². The molecule has 1 aliphatic heterocycles. The van der Waals surface area contributed by atoms with Gasteiger partial charge in [-0.2, -0.15) is 0 Å². The second-order valence-corrected chi connectivity index (χ2v) is 8.01. The molecule has 2 aromatic carbocycles. The van der Waals surface area contributed by atoms with Crippen LogP contribution in [0.4, 0.5) is 11.4 Å². The maximum Gasteiger partial charge on any atom is 0.255 e. The average Bonchev–Trinajstić information content (AvgIpc) is 2.92. The maximum absolute atomic E-state index is 12.9. The molecule has 0 bridgehead atoms. The van der Waals surface area contributed by atoms with Crippen LogP contribution in [0.5, 0.6) is 0 Å². The van der Waals surface area contributed by atoms with Crippen LogP contribution in [0.3, 0.4) is 0 Å². The minimum atomic E-state index is -0.223. The zero-order valence-corrected chi connectivity index (χ0v) is 16.1. The summed E-state index contributed by atoms with van der Waals surface area (Å²) in [4.78, 5) is 39.5. The van der Waals surface area contributed by atoms with E-state index in [0.29, 0.717) is 22.9 Å². The summed E-state index contributed by atoms with van der Waals surface area (Å²) in [7, 11) is 0. The Labute approximate surface area is 164 Å². The molecule has 0 unspecified atom stereocenters. The Morgan fingerprint density at radius 1 is 1.00 bits per heavy atom. The van der Waals surface area contributed by atoms with Crippen LogP contribution in [0.25, 0.3) is 0 Å². The van der Waals surface area contributed by atoms with Crippen LogP contribution in [0, 0.1) is 24.7 Å². The first-order valence-corrected chi connectivity index (χ1v) is 9.80. The third-order valence-corrected chi connectivity index (χ3v) is 5.86. The molecule has 2 aliphatic rings. The Balaban J connectivity index is 1.55. The Morgan fingerprint density at radius 2 is 1.71 bits per heavy atom. The van der Waals surface area contributed by atoms with Crippen molar-refractivity contribution < 1.29 is 14.4 Å². The first-order valence-electron chi connectivity index (χ1n) is 9.80. The molecule has 1 N–H and O–H groups in total. The van der Waals surface area contributed by atoms with E-state index in [4.69, 9.17) is 0 Å². The highest BCUT2D eigenvalue weighted by Gasteiger charge is 2.49. The fourth-order valence-corrected chi connectivity index (χ4v) is 4.28. The minimum absolute atomic E-state index is 0.107. The SMILES string of the molecule is Cc1ccc(C(=O)Nc2cccc(N3C(=O)[C@@H]4CC[C@H](C)C[C@H]4C3=O)c2)cc1. The Morgan fingerprint density at radius 3 is 2.46 bits per heavy atom. The van der Waals surface area contributed by atoms with E-state index in [-0.39, 0.29) is 29.6 Å². The number of carbonyl (C=O) groups excluding carboxylic acids is 3. The second-order valence-electron chi connectivity index (χ2n) is 8.01. The van der Waals surface area contributed by atoms with E-state index in [1.54, 1.807) is 36.4 Å². The molecule has 0 aromatic heterocycles. The third kappa shape index (κ3) is 3.33. The Kier molecular flexibility index (Phi) is 4.75. The number of nitrogens with one attached hydrogen (secondary N) is 1. The molecule has 1 aliphatic carbocycles. The molecule has 3 amide bonds. The van der Waals surface area contributed by atoms with E-state index in [0.717, 1.165) is 24.8 Å². The predicted molar refractivity (Wildman–Crippen MR) is 108 cm³/mol. The molecule has 3 atom stereocenters. The van der Waals surface area contributed by atoms with Crippen LogP contribution in [0.2, 0.25) is 0 Å². The van der Waals surface area contributed by atoms with Crippen LogP contribution in [0.1, 0.15) is 42.1 Å². The highest BCUT2D eigenvalue weighted by molar-refractivity contribution is 6.22. The summed E-state index contributed by atoms with van der Waals surface area (Å²) in [5.74, 6) is -0.374. The van der Waals surface area contributed by atoms with Crippen LogP contribution >= 0.6 is 0 Å². The standard InChI is InChI=1S/C23H24N2O3/c1-14-6-9-16(10-7-14)21(26)24-17-4-3-5-18(13-17)25-22(27)19-11-8-15(2)12-20(19)23(25)28/h3-7,9-10,13,15,19-20H,8,11-12H2,1-2H3,(H,24,26)/t15-,19+,20+/m0/s1. The fourth-order valence-electron chi connectivity index (χ4n) is 4.28. The molecule has 0 radical (unpaired) electrons. The summed E-state index contributed by atoms with van der Waals surface area (Å²) in [5.41, 5.74) is 2.73. The number of imide groups is 1. The van der Waals surface area contributed by atoms with Crippen LogP contribution in [-0.4, -0.2) is 17.7 Å². The molecule has 144 valence electrons. The number of hydrogen-bond donors (Lipinski definition) is 1. The summed E-state index contributed by atoms with van der Waals surface area (Å²) in [6, 6.07) is 14.3. The van der Waals surface area contributed by atoms with E-state index >= 15 is 0 Å². The van der Waals surface area contributed by atoms with Crippen molar-refractivity contribution in [3.63, 3.8) is 0 Å². The van der Waals surface area contributed by atoms with Gasteiger partial charge in [-0.15, -0.1) is 0 Å². The van der Waals surface area contributed by atoms with Crippen molar-refractivity contribution in [3.05, 3.63) is 59.7 Å². The van der Waals surface area contributed by atoms with Crippen LogP contribution < -0.4 is 10.2 Å². The number of benzene rings is 2. The lowest BCUT2D eigenvalue weighted by molar-refractivity contribution is -0.122. The normalized spacial score (nSPS) is 24.2. The first kappa shape index (κ1) is 18.4. The lowest BCUT2D eigenvalue weighted by Crippen LogP contribution is -2.31. The van der Waals surface area contributed by atoms with Crippen LogP contribution in [-0.2, 0) is 9.59 Å². The van der Waals surface area contributed by atoms with Gasteiger partial charge >= 0.3 is 0 Å². The molecule has 0 spiro atoms. The topological polar surface area (TPSA) is 66.5 Å². The van der Waals surface area contributed by atoms with Crippen molar-refractivity contribution in [2.75, 3.05) is 10.2 Å². The van der Waals surface area contributed by atoms with Gasteiger partial charge in [-0.3, -0.25) is 14.4 Å². The molecule has 28 heavy (non-hydrogen) atoms. The van der Waals surface area contributed by atoms with E-state index in [1.165, 1.54) is 4.90 Å². The van der Waals surface area contributed by atoms with Crippen molar-refractivity contribution in [1.29, 1.82) is 0 Å².